The number of carbonyl (C=O) groups excluding carboxylic acids is 1. The predicted octanol–water partition coefficient (Wildman–Crippen LogP) is 4.49. The Balaban J connectivity index is 2.18. The molecule has 0 aromatic rings. The standard InChI is InChI=1S/C22H34O4/c1-15(2)19-10-8-16(3)7-6-12-22(5)21(26-22)11-9-18(13-20(19)24)14-25-17(4)23/h7,13,19-21,24H,1,6,8-12,14H2,2-5H3/b16-7+,18-13+/t19-,20+,21+,22+/m1/s1. The second kappa shape index (κ2) is 9.01. The van der Waals surface area contributed by atoms with E-state index >= 15 is 0 Å². The Kier molecular flexibility index (Phi) is 7.24. The van der Waals surface area contributed by atoms with Crippen molar-refractivity contribution in [2.75, 3.05) is 6.61 Å². The molecule has 2 rings (SSSR count). The Morgan fingerprint density at radius 1 is 1.38 bits per heavy atom. The largest absolute Gasteiger partial charge is 0.461 e. The Morgan fingerprint density at radius 2 is 2.12 bits per heavy atom. The Labute approximate surface area is 158 Å². The van der Waals surface area contributed by atoms with E-state index in [1.54, 1.807) is 0 Å². The number of epoxide rings is 1. The van der Waals surface area contributed by atoms with Gasteiger partial charge in [-0.15, -0.1) is 0 Å². The maximum atomic E-state index is 11.2. The van der Waals surface area contributed by atoms with E-state index in [1.165, 1.54) is 12.5 Å². The summed E-state index contributed by atoms with van der Waals surface area (Å²) in [5.41, 5.74) is 3.26. The Bertz CT molecular complexity index is 589. The number of allylic oxidation sites excluding steroid dienone is 2. The summed E-state index contributed by atoms with van der Waals surface area (Å²) < 4.78 is 11.1. The van der Waals surface area contributed by atoms with Gasteiger partial charge < -0.3 is 14.6 Å². The average molecular weight is 363 g/mol. The number of aliphatic hydroxyl groups excluding tert-OH is 1. The molecule has 0 bridgehead atoms. The van der Waals surface area contributed by atoms with E-state index in [-0.39, 0.29) is 30.2 Å². The highest BCUT2D eigenvalue weighted by molar-refractivity contribution is 5.66. The predicted molar refractivity (Wildman–Crippen MR) is 104 cm³/mol. The second-order valence-electron chi connectivity index (χ2n) is 8.13. The molecule has 2 aliphatic rings. The van der Waals surface area contributed by atoms with E-state index in [0.717, 1.165) is 49.7 Å². The van der Waals surface area contributed by atoms with Gasteiger partial charge in [0.1, 0.15) is 6.61 Å². The Hall–Kier alpha value is -1.39. The highest BCUT2D eigenvalue weighted by atomic mass is 16.6. The molecule has 0 spiro atoms. The summed E-state index contributed by atoms with van der Waals surface area (Å²) in [5.74, 6) is -0.291. The van der Waals surface area contributed by atoms with Gasteiger partial charge in [-0.05, 0) is 64.9 Å². The van der Waals surface area contributed by atoms with E-state index < -0.39 is 6.10 Å². The van der Waals surface area contributed by atoms with Crippen LogP contribution in [-0.2, 0) is 14.3 Å². The highest BCUT2D eigenvalue weighted by Gasteiger charge is 2.50. The average Bonchev–Trinajstić information content (AvgIpc) is 3.19. The van der Waals surface area contributed by atoms with Crippen molar-refractivity contribution in [3.05, 3.63) is 35.5 Å². The third-order valence-corrected chi connectivity index (χ3v) is 5.66. The molecule has 4 nitrogen and oxygen atoms in total. The van der Waals surface area contributed by atoms with Gasteiger partial charge in [-0.1, -0.05) is 29.9 Å². The van der Waals surface area contributed by atoms with Gasteiger partial charge in [0, 0.05) is 12.8 Å². The Morgan fingerprint density at radius 3 is 2.77 bits per heavy atom. The number of ether oxygens (including phenoxy) is 2. The van der Waals surface area contributed by atoms with E-state index in [9.17, 15) is 9.90 Å². The summed E-state index contributed by atoms with van der Waals surface area (Å²) in [6.07, 6.45) is 9.33. The van der Waals surface area contributed by atoms with Crippen LogP contribution in [0.4, 0.5) is 0 Å². The van der Waals surface area contributed by atoms with Gasteiger partial charge in [0.2, 0.25) is 0 Å². The third kappa shape index (κ3) is 6.10. The molecule has 146 valence electrons. The molecule has 1 aliphatic heterocycles. The lowest BCUT2D eigenvalue weighted by Gasteiger charge is -2.23. The normalized spacial score (nSPS) is 37.2. The first kappa shape index (κ1) is 20.9. The second-order valence-corrected chi connectivity index (χ2v) is 8.13. The maximum Gasteiger partial charge on any atom is 0.302 e. The van der Waals surface area contributed by atoms with Crippen molar-refractivity contribution >= 4 is 5.97 Å². The first-order valence-corrected chi connectivity index (χ1v) is 9.71. The van der Waals surface area contributed by atoms with Crippen molar-refractivity contribution < 1.29 is 19.4 Å². The molecule has 4 heteroatoms. The van der Waals surface area contributed by atoms with Crippen molar-refractivity contribution in [2.45, 2.75) is 84.0 Å². The van der Waals surface area contributed by atoms with Gasteiger partial charge in [-0.3, -0.25) is 4.79 Å². The van der Waals surface area contributed by atoms with Crippen LogP contribution in [0.25, 0.3) is 0 Å². The van der Waals surface area contributed by atoms with Crippen LogP contribution >= 0.6 is 0 Å². The lowest BCUT2D eigenvalue weighted by molar-refractivity contribution is -0.140. The van der Waals surface area contributed by atoms with Crippen LogP contribution in [0.2, 0.25) is 0 Å². The van der Waals surface area contributed by atoms with Crippen LogP contribution in [-0.4, -0.2) is 35.5 Å². The minimum absolute atomic E-state index is 0.0102. The number of aliphatic hydroxyl groups is 1. The third-order valence-electron chi connectivity index (χ3n) is 5.66. The number of esters is 1. The monoisotopic (exact) mass is 362 g/mol. The van der Waals surface area contributed by atoms with Gasteiger partial charge in [0.25, 0.3) is 0 Å². The lowest BCUT2D eigenvalue weighted by Crippen LogP contribution is -2.21. The van der Waals surface area contributed by atoms with Crippen LogP contribution in [0.1, 0.15) is 66.2 Å². The zero-order valence-electron chi connectivity index (χ0n) is 16.7. The molecule has 1 heterocycles. The van der Waals surface area contributed by atoms with Gasteiger partial charge in [0.15, 0.2) is 0 Å². The van der Waals surface area contributed by atoms with Gasteiger partial charge in [-0.2, -0.15) is 0 Å². The SMILES string of the molecule is C=C(C)[C@H]1CC/C(C)=C/CC[C@]2(C)O[C@H]2CC/C(COC(C)=O)=C\[C@@H]1O. The van der Waals surface area contributed by atoms with Crippen molar-refractivity contribution in [1.29, 1.82) is 0 Å². The zero-order chi connectivity index (χ0) is 19.3. The van der Waals surface area contributed by atoms with E-state index in [2.05, 4.69) is 26.5 Å². The molecule has 0 unspecified atom stereocenters. The first-order valence-electron chi connectivity index (χ1n) is 9.71. The molecule has 1 saturated heterocycles. The van der Waals surface area contributed by atoms with Crippen molar-refractivity contribution in [3.63, 3.8) is 0 Å². The number of carbonyl (C=O) groups is 1. The van der Waals surface area contributed by atoms with Crippen molar-refractivity contribution in [2.24, 2.45) is 5.92 Å². The summed E-state index contributed by atoms with van der Waals surface area (Å²) in [5, 5.41) is 10.8. The highest BCUT2D eigenvalue weighted by Crippen LogP contribution is 2.43. The number of fused-ring (bicyclic) bond motifs is 1. The number of hydrogen-bond acceptors (Lipinski definition) is 4. The van der Waals surface area contributed by atoms with Crippen LogP contribution in [0.3, 0.4) is 0 Å². The number of rotatable bonds is 3. The van der Waals surface area contributed by atoms with Gasteiger partial charge in [0.05, 0.1) is 17.8 Å². The minimum Gasteiger partial charge on any atom is -0.461 e. The van der Waals surface area contributed by atoms with Crippen molar-refractivity contribution in [1.82, 2.24) is 0 Å². The van der Waals surface area contributed by atoms with Crippen LogP contribution in [0, 0.1) is 5.92 Å². The van der Waals surface area contributed by atoms with E-state index in [4.69, 9.17) is 9.47 Å². The van der Waals surface area contributed by atoms with E-state index in [1.807, 2.05) is 13.0 Å². The maximum absolute atomic E-state index is 11.2. The molecular formula is C22H34O4. The fraction of sp³-hybridized carbons (Fsp3) is 0.682. The molecule has 0 radical (unpaired) electrons. The molecule has 1 aliphatic carbocycles. The molecule has 0 aromatic carbocycles. The molecule has 1 fully saturated rings. The van der Waals surface area contributed by atoms with Gasteiger partial charge in [-0.25, -0.2) is 0 Å². The molecule has 0 aromatic heterocycles. The van der Waals surface area contributed by atoms with Gasteiger partial charge >= 0.3 is 5.97 Å². The molecule has 26 heavy (non-hydrogen) atoms. The fourth-order valence-corrected chi connectivity index (χ4v) is 3.75. The smallest absolute Gasteiger partial charge is 0.302 e. The summed E-state index contributed by atoms with van der Waals surface area (Å²) in [6, 6.07) is 0. The lowest BCUT2D eigenvalue weighted by atomic mass is 9.87. The molecule has 0 saturated carbocycles. The summed E-state index contributed by atoms with van der Waals surface area (Å²) in [6.45, 7) is 12.0. The van der Waals surface area contributed by atoms with E-state index in [0.29, 0.717) is 0 Å². The summed E-state index contributed by atoms with van der Waals surface area (Å²) >= 11 is 0. The summed E-state index contributed by atoms with van der Waals surface area (Å²) in [4.78, 5) is 11.2. The zero-order valence-corrected chi connectivity index (χ0v) is 16.7. The van der Waals surface area contributed by atoms with Crippen LogP contribution in [0.15, 0.2) is 35.5 Å². The molecular weight excluding hydrogens is 328 g/mol. The minimum atomic E-state index is -0.611. The summed E-state index contributed by atoms with van der Waals surface area (Å²) in [7, 11) is 0. The first-order chi connectivity index (χ1) is 12.2. The fourth-order valence-electron chi connectivity index (χ4n) is 3.75. The molecule has 1 N–H and O–H groups in total. The quantitative estimate of drug-likeness (QED) is 0.457. The van der Waals surface area contributed by atoms with Crippen LogP contribution < -0.4 is 0 Å². The van der Waals surface area contributed by atoms with Crippen molar-refractivity contribution in [3.8, 4) is 0 Å². The number of hydrogen-bond donors (Lipinski definition) is 1. The molecule has 4 atom stereocenters. The topological polar surface area (TPSA) is 59.1 Å². The molecule has 0 amide bonds. The van der Waals surface area contributed by atoms with Crippen LogP contribution in [0.5, 0.6) is 0 Å².